The minimum Gasteiger partial charge on any atom is -0.484 e. The van der Waals surface area contributed by atoms with Crippen molar-refractivity contribution in [2.45, 2.75) is 39.7 Å². The smallest absolute Gasteiger partial charge is 0.258 e. The number of hydrogen-bond acceptors (Lipinski definition) is 3. The van der Waals surface area contributed by atoms with Gasteiger partial charge in [0.25, 0.3) is 5.91 Å². The predicted molar refractivity (Wildman–Crippen MR) is 103 cm³/mol. The Morgan fingerprint density at radius 3 is 2.12 bits per heavy atom. The molecule has 1 N–H and O–H groups in total. The van der Waals surface area contributed by atoms with Crippen molar-refractivity contribution >= 4 is 11.7 Å². The van der Waals surface area contributed by atoms with Crippen molar-refractivity contribution in [3.8, 4) is 5.75 Å². The lowest BCUT2D eigenvalue weighted by molar-refractivity contribution is -0.123. The molecule has 1 unspecified atom stereocenters. The molecule has 0 saturated heterocycles. The Hall–Kier alpha value is -2.62. The summed E-state index contributed by atoms with van der Waals surface area (Å²) in [4.78, 5) is 24.3. The third-order valence-electron chi connectivity index (χ3n) is 4.11. The van der Waals surface area contributed by atoms with E-state index in [0.29, 0.717) is 22.8 Å². The highest BCUT2D eigenvalue weighted by Crippen LogP contribution is 2.15. The maximum atomic E-state index is 12.3. The number of ketones is 1. The van der Waals surface area contributed by atoms with Crippen molar-refractivity contribution in [1.29, 1.82) is 0 Å². The molecule has 0 spiro atoms. The van der Waals surface area contributed by atoms with E-state index < -0.39 is 0 Å². The Bertz CT molecular complexity index is 708. The highest BCUT2D eigenvalue weighted by Gasteiger charge is 2.10. The van der Waals surface area contributed by atoms with Crippen molar-refractivity contribution in [3.05, 3.63) is 65.7 Å². The highest BCUT2D eigenvalue weighted by molar-refractivity contribution is 6.08. The summed E-state index contributed by atoms with van der Waals surface area (Å²) in [5.41, 5.74) is 1.24. The van der Waals surface area contributed by atoms with E-state index in [4.69, 9.17) is 4.74 Å². The highest BCUT2D eigenvalue weighted by atomic mass is 16.5. The molecule has 2 rings (SSSR count). The Morgan fingerprint density at radius 1 is 0.885 bits per heavy atom. The number of carbonyl (C=O) groups excluding carboxylic acids is 2. The molecule has 0 saturated carbocycles. The van der Waals surface area contributed by atoms with Gasteiger partial charge in [-0.3, -0.25) is 9.59 Å². The molecule has 1 amide bonds. The normalized spacial score (nSPS) is 11.8. The van der Waals surface area contributed by atoms with Gasteiger partial charge in [-0.1, -0.05) is 44.2 Å². The molecule has 0 fully saturated rings. The standard InChI is InChI=1S/C22H27NO3/c1-16(2)9-10-17(3)23-21(24)15-26-20-13-11-19(12-14-20)22(25)18-7-5-4-6-8-18/h4-8,11-14,16-17H,9-10,15H2,1-3H3,(H,23,24). The first kappa shape index (κ1) is 19.7. The van der Waals surface area contributed by atoms with Crippen LogP contribution in [-0.4, -0.2) is 24.3 Å². The Balaban J connectivity index is 1.82. The molecular weight excluding hydrogens is 326 g/mol. The first-order chi connectivity index (χ1) is 12.5. The minimum atomic E-state index is -0.134. The molecule has 0 aliphatic heterocycles. The number of benzene rings is 2. The SMILES string of the molecule is CC(C)CCC(C)NC(=O)COc1ccc(C(=O)c2ccccc2)cc1. The van der Waals surface area contributed by atoms with E-state index in [0.717, 1.165) is 12.8 Å². The van der Waals surface area contributed by atoms with E-state index in [9.17, 15) is 9.59 Å². The second-order valence-corrected chi connectivity index (χ2v) is 6.95. The number of ether oxygens (including phenoxy) is 1. The molecule has 1 atom stereocenters. The van der Waals surface area contributed by atoms with Crippen LogP contribution in [0.4, 0.5) is 0 Å². The first-order valence-corrected chi connectivity index (χ1v) is 9.07. The van der Waals surface area contributed by atoms with Gasteiger partial charge in [-0.05, 0) is 49.9 Å². The Labute approximate surface area is 155 Å². The minimum absolute atomic E-state index is 0.0298. The van der Waals surface area contributed by atoms with E-state index in [1.807, 2.05) is 25.1 Å². The topological polar surface area (TPSA) is 55.4 Å². The molecule has 138 valence electrons. The summed E-state index contributed by atoms with van der Waals surface area (Å²) in [5, 5.41) is 2.94. The molecule has 0 aromatic heterocycles. The summed E-state index contributed by atoms with van der Waals surface area (Å²) < 4.78 is 5.51. The predicted octanol–water partition coefficient (Wildman–Crippen LogP) is 4.24. The third kappa shape index (κ3) is 6.36. The molecular formula is C22H27NO3. The van der Waals surface area contributed by atoms with Gasteiger partial charge in [0.1, 0.15) is 5.75 Å². The fourth-order valence-corrected chi connectivity index (χ4v) is 2.58. The number of hydrogen-bond donors (Lipinski definition) is 1. The zero-order valence-electron chi connectivity index (χ0n) is 15.7. The largest absolute Gasteiger partial charge is 0.484 e. The van der Waals surface area contributed by atoms with E-state index in [1.165, 1.54) is 0 Å². The van der Waals surface area contributed by atoms with Gasteiger partial charge < -0.3 is 10.1 Å². The molecule has 0 radical (unpaired) electrons. The van der Waals surface area contributed by atoms with Crippen LogP contribution in [-0.2, 0) is 4.79 Å². The summed E-state index contributed by atoms with van der Waals surface area (Å²) >= 11 is 0. The van der Waals surface area contributed by atoms with Crippen molar-refractivity contribution in [2.24, 2.45) is 5.92 Å². The van der Waals surface area contributed by atoms with E-state index in [-0.39, 0.29) is 24.3 Å². The average Bonchev–Trinajstić information content (AvgIpc) is 2.65. The maximum absolute atomic E-state index is 12.3. The fraction of sp³-hybridized carbons (Fsp3) is 0.364. The molecule has 0 aliphatic rings. The van der Waals surface area contributed by atoms with Crippen LogP contribution in [0, 0.1) is 5.92 Å². The van der Waals surface area contributed by atoms with E-state index in [1.54, 1.807) is 36.4 Å². The van der Waals surface area contributed by atoms with E-state index in [2.05, 4.69) is 19.2 Å². The lowest BCUT2D eigenvalue weighted by Gasteiger charge is -2.15. The van der Waals surface area contributed by atoms with Crippen LogP contribution >= 0.6 is 0 Å². The molecule has 4 heteroatoms. The zero-order chi connectivity index (χ0) is 18.9. The van der Waals surface area contributed by atoms with Crippen molar-refractivity contribution in [2.75, 3.05) is 6.61 Å². The molecule has 0 aliphatic carbocycles. The lowest BCUT2D eigenvalue weighted by Crippen LogP contribution is -2.36. The third-order valence-corrected chi connectivity index (χ3v) is 4.11. The second kappa shape index (κ2) is 9.76. The van der Waals surface area contributed by atoms with Gasteiger partial charge in [0.15, 0.2) is 12.4 Å². The average molecular weight is 353 g/mol. The van der Waals surface area contributed by atoms with Gasteiger partial charge in [-0.15, -0.1) is 0 Å². The molecule has 2 aromatic rings. The molecule has 4 nitrogen and oxygen atoms in total. The number of nitrogens with one attached hydrogen (secondary N) is 1. The van der Waals surface area contributed by atoms with Crippen LogP contribution in [0.1, 0.15) is 49.5 Å². The van der Waals surface area contributed by atoms with Crippen LogP contribution < -0.4 is 10.1 Å². The molecule has 2 aromatic carbocycles. The summed E-state index contributed by atoms with van der Waals surface area (Å²) in [6.07, 6.45) is 2.04. The van der Waals surface area contributed by atoms with Crippen LogP contribution in [0.25, 0.3) is 0 Å². The van der Waals surface area contributed by atoms with Crippen molar-refractivity contribution in [3.63, 3.8) is 0 Å². The van der Waals surface area contributed by atoms with Crippen molar-refractivity contribution < 1.29 is 14.3 Å². The summed E-state index contributed by atoms with van der Waals surface area (Å²) in [7, 11) is 0. The monoisotopic (exact) mass is 353 g/mol. The van der Waals surface area contributed by atoms with Crippen LogP contribution in [0.3, 0.4) is 0 Å². The lowest BCUT2D eigenvalue weighted by atomic mass is 10.0. The number of carbonyl (C=O) groups is 2. The van der Waals surface area contributed by atoms with Crippen LogP contribution in [0.2, 0.25) is 0 Å². The first-order valence-electron chi connectivity index (χ1n) is 9.07. The summed E-state index contributed by atoms with van der Waals surface area (Å²) in [6, 6.07) is 16.1. The Kier molecular flexibility index (Phi) is 7.39. The van der Waals surface area contributed by atoms with Crippen LogP contribution in [0.15, 0.2) is 54.6 Å². The fourth-order valence-electron chi connectivity index (χ4n) is 2.58. The summed E-state index contributed by atoms with van der Waals surface area (Å²) in [5.74, 6) is 1.03. The molecule has 26 heavy (non-hydrogen) atoms. The maximum Gasteiger partial charge on any atom is 0.258 e. The quantitative estimate of drug-likeness (QED) is 0.686. The molecule has 0 heterocycles. The van der Waals surface area contributed by atoms with E-state index >= 15 is 0 Å². The van der Waals surface area contributed by atoms with Gasteiger partial charge in [-0.25, -0.2) is 0 Å². The zero-order valence-corrected chi connectivity index (χ0v) is 15.7. The Morgan fingerprint density at radius 2 is 1.50 bits per heavy atom. The number of amides is 1. The number of rotatable bonds is 9. The van der Waals surface area contributed by atoms with Gasteiger partial charge in [0, 0.05) is 17.2 Å². The molecule has 0 bridgehead atoms. The van der Waals surface area contributed by atoms with Gasteiger partial charge in [0.05, 0.1) is 0 Å². The van der Waals surface area contributed by atoms with Crippen molar-refractivity contribution in [1.82, 2.24) is 5.32 Å². The van der Waals surface area contributed by atoms with Gasteiger partial charge >= 0.3 is 0 Å². The van der Waals surface area contributed by atoms with Crippen LogP contribution in [0.5, 0.6) is 5.75 Å². The summed E-state index contributed by atoms with van der Waals surface area (Å²) in [6.45, 7) is 6.32. The second-order valence-electron chi connectivity index (χ2n) is 6.95. The van der Waals surface area contributed by atoms with Gasteiger partial charge in [0.2, 0.25) is 0 Å². The van der Waals surface area contributed by atoms with Gasteiger partial charge in [-0.2, -0.15) is 0 Å².